The molecule has 1 saturated heterocycles. The van der Waals surface area contributed by atoms with Gasteiger partial charge in [0.2, 0.25) is 5.95 Å². The van der Waals surface area contributed by atoms with Crippen LogP contribution in [0.3, 0.4) is 0 Å². The number of carboxylic acids is 1. The summed E-state index contributed by atoms with van der Waals surface area (Å²) in [6.45, 7) is 1.14. The molecule has 20 heavy (non-hydrogen) atoms. The third-order valence-electron chi connectivity index (χ3n) is 3.26. The second-order valence-electron chi connectivity index (χ2n) is 4.64. The molecule has 1 aliphatic rings. The van der Waals surface area contributed by atoms with Crippen LogP contribution in [0.2, 0.25) is 0 Å². The first-order chi connectivity index (χ1) is 9.65. The lowest BCUT2D eigenvalue weighted by Gasteiger charge is -2.29. The van der Waals surface area contributed by atoms with Crippen LogP contribution in [-0.2, 0) is 4.74 Å². The summed E-state index contributed by atoms with van der Waals surface area (Å²) in [5.74, 6) is -0.579. The van der Waals surface area contributed by atoms with Crippen molar-refractivity contribution in [2.24, 2.45) is 5.73 Å². The zero-order valence-corrected chi connectivity index (χ0v) is 11.4. The Bertz CT molecular complexity index is 645. The summed E-state index contributed by atoms with van der Waals surface area (Å²) in [5.41, 5.74) is 6.62. The second-order valence-corrected chi connectivity index (χ2v) is 5.55. The van der Waals surface area contributed by atoms with Crippen LogP contribution in [0.15, 0.2) is 11.6 Å². The molecule has 0 radical (unpaired) electrons. The minimum Gasteiger partial charge on any atom is -0.478 e. The first-order valence-corrected chi connectivity index (χ1v) is 7.10. The molecule has 2 atom stereocenters. The molecule has 4 N–H and O–H groups in total. The molecule has 0 amide bonds. The van der Waals surface area contributed by atoms with Gasteiger partial charge in [-0.25, -0.2) is 14.8 Å². The molecular formula is C12H14N4O3S. The van der Waals surface area contributed by atoms with Gasteiger partial charge < -0.3 is 20.9 Å². The molecule has 2 aromatic rings. The highest BCUT2D eigenvalue weighted by Gasteiger charge is 2.23. The van der Waals surface area contributed by atoms with Crippen LogP contribution < -0.4 is 11.1 Å². The van der Waals surface area contributed by atoms with E-state index in [1.54, 1.807) is 11.6 Å². The Hall–Kier alpha value is -1.77. The number of carboxylic acid groups (broad SMARTS) is 1. The molecule has 0 spiro atoms. The predicted molar refractivity (Wildman–Crippen MR) is 75.2 cm³/mol. The van der Waals surface area contributed by atoms with E-state index in [0.29, 0.717) is 24.7 Å². The summed E-state index contributed by atoms with van der Waals surface area (Å²) in [6.07, 6.45) is 2.41. The van der Waals surface area contributed by atoms with Crippen molar-refractivity contribution in [1.82, 2.24) is 9.97 Å². The average Bonchev–Trinajstić information content (AvgIpc) is 2.84. The molecule has 3 rings (SSSR count). The van der Waals surface area contributed by atoms with Gasteiger partial charge in [-0.15, -0.1) is 11.3 Å². The SMILES string of the molecule is N[C@H]1COCC[C@H]1Nc1ncc2scc(C(=O)O)c2n1. The number of hydrogen-bond donors (Lipinski definition) is 3. The fourth-order valence-electron chi connectivity index (χ4n) is 2.15. The number of hydrogen-bond acceptors (Lipinski definition) is 7. The van der Waals surface area contributed by atoms with Crippen LogP contribution >= 0.6 is 11.3 Å². The maximum Gasteiger partial charge on any atom is 0.338 e. The minimum atomic E-state index is -0.983. The van der Waals surface area contributed by atoms with Crippen LogP contribution in [0, 0.1) is 0 Å². The molecule has 7 nitrogen and oxygen atoms in total. The Morgan fingerprint density at radius 2 is 2.45 bits per heavy atom. The molecule has 106 valence electrons. The number of fused-ring (bicyclic) bond motifs is 1. The summed E-state index contributed by atoms with van der Waals surface area (Å²) in [7, 11) is 0. The highest BCUT2D eigenvalue weighted by atomic mass is 32.1. The first-order valence-electron chi connectivity index (χ1n) is 6.22. The predicted octanol–water partition coefficient (Wildman–Crippen LogP) is 0.918. The van der Waals surface area contributed by atoms with Crippen molar-refractivity contribution in [3.63, 3.8) is 0 Å². The van der Waals surface area contributed by atoms with Gasteiger partial charge in [0.1, 0.15) is 5.52 Å². The lowest BCUT2D eigenvalue weighted by Crippen LogP contribution is -2.47. The number of thiophene rings is 1. The van der Waals surface area contributed by atoms with Gasteiger partial charge in [0.15, 0.2) is 0 Å². The number of ether oxygens (including phenoxy) is 1. The van der Waals surface area contributed by atoms with Crippen LogP contribution in [0.5, 0.6) is 0 Å². The fourth-order valence-corrected chi connectivity index (χ4v) is 2.99. The lowest BCUT2D eigenvalue weighted by molar-refractivity contribution is 0.0699. The Morgan fingerprint density at radius 1 is 1.60 bits per heavy atom. The van der Waals surface area contributed by atoms with Crippen LogP contribution in [-0.4, -0.2) is 46.3 Å². The molecule has 0 aromatic carbocycles. The van der Waals surface area contributed by atoms with Gasteiger partial charge in [0.05, 0.1) is 23.1 Å². The van der Waals surface area contributed by atoms with E-state index in [1.807, 2.05) is 0 Å². The molecule has 3 heterocycles. The topological polar surface area (TPSA) is 110 Å². The molecule has 2 aromatic heterocycles. The van der Waals surface area contributed by atoms with E-state index < -0.39 is 5.97 Å². The van der Waals surface area contributed by atoms with Crippen LogP contribution in [0.1, 0.15) is 16.8 Å². The molecule has 0 saturated carbocycles. The van der Waals surface area contributed by atoms with E-state index >= 15 is 0 Å². The monoisotopic (exact) mass is 294 g/mol. The summed E-state index contributed by atoms with van der Waals surface area (Å²) >= 11 is 1.32. The summed E-state index contributed by atoms with van der Waals surface area (Å²) < 4.78 is 6.03. The van der Waals surface area contributed by atoms with E-state index in [2.05, 4.69) is 15.3 Å². The zero-order valence-electron chi connectivity index (χ0n) is 10.6. The Labute approximate surface area is 118 Å². The second kappa shape index (κ2) is 5.31. The van der Waals surface area contributed by atoms with Crippen LogP contribution in [0.25, 0.3) is 10.2 Å². The summed E-state index contributed by atoms with van der Waals surface area (Å²) in [4.78, 5) is 19.6. The van der Waals surface area contributed by atoms with E-state index in [-0.39, 0.29) is 17.6 Å². The quantitative estimate of drug-likeness (QED) is 0.771. The number of aromatic carboxylic acids is 1. The maximum atomic E-state index is 11.1. The van der Waals surface area contributed by atoms with Crippen molar-refractivity contribution in [1.29, 1.82) is 0 Å². The molecule has 1 aliphatic heterocycles. The van der Waals surface area contributed by atoms with Gasteiger partial charge in [-0.3, -0.25) is 0 Å². The Kier molecular flexibility index (Phi) is 3.51. The van der Waals surface area contributed by atoms with Gasteiger partial charge in [-0.1, -0.05) is 0 Å². The third kappa shape index (κ3) is 2.45. The number of nitrogens with one attached hydrogen (secondary N) is 1. The fraction of sp³-hybridized carbons (Fsp3) is 0.417. The van der Waals surface area contributed by atoms with Gasteiger partial charge in [0.25, 0.3) is 0 Å². The molecule has 0 aliphatic carbocycles. The van der Waals surface area contributed by atoms with E-state index in [9.17, 15) is 4.79 Å². The van der Waals surface area contributed by atoms with E-state index in [1.165, 1.54) is 11.3 Å². The zero-order chi connectivity index (χ0) is 14.1. The summed E-state index contributed by atoms with van der Waals surface area (Å²) in [5, 5.41) is 13.9. The van der Waals surface area contributed by atoms with Gasteiger partial charge >= 0.3 is 5.97 Å². The largest absolute Gasteiger partial charge is 0.478 e. The van der Waals surface area contributed by atoms with E-state index in [4.69, 9.17) is 15.6 Å². The van der Waals surface area contributed by atoms with Gasteiger partial charge in [0, 0.05) is 24.1 Å². The normalized spacial score (nSPS) is 22.9. The Balaban J connectivity index is 1.88. The average molecular weight is 294 g/mol. The third-order valence-corrected chi connectivity index (χ3v) is 4.17. The van der Waals surface area contributed by atoms with Crippen molar-refractivity contribution in [2.45, 2.75) is 18.5 Å². The van der Waals surface area contributed by atoms with Crippen molar-refractivity contribution >= 4 is 33.5 Å². The number of carbonyl (C=O) groups is 1. The number of anilines is 1. The van der Waals surface area contributed by atoms with Crippen molar-refractivity contribution in [2.75, 3.05) is 18.5 Å². The van der Waals surface area contributed by atoms with E-state index in [0.717, 1.165) is 11.1 Å². The van der Waals surface area contributed by atoms with Gasteiger partial charge in [-0.05, 0) is 6.42 Å². The van der Waals surface area contributed by atoms with Gasteiger partial charge in [-0.2, -0.15) is 0 Å². The number of nitrogens with two attached hydrogens (primary N) is 1. The highest BCUT2D eigenvalue weighted by Crippen LogP contribution is 2.25. The molecule has 8 heteroatoms. The van der Waals surface area contributed by atoms with Crippen molar-refractivity contribution < 1.29 is 14.6 Å². The first kappa shape index (κ1) is 13.2. The molecule has 0 bridgehead atoms. The standard InChI is InChI=1S/C12H14N4O3S/c13-7-4-19-2-1-8(7)15-12-14-3-9-10(16-12)6(5-20-9)11(17)18/h3,5,7-8H,1-2,4,13H2,(H,17,18)(H,14,15,16)/t7-,8+/m0/s1. The molecule has 0 unspecified atom stereocenters. The number of nitrogens with zero attached hydrogens (tertiary/aromatic N) is 2. The number of aromatic nitrogens is 2. The van der Waals surface area contributed by atoms with Crippen molar-refractivity contribution in [3.05, 3.63) is 17.1 Å². The minimum absolute atomic E-state index is 0.0353. The summed E-state index contributed by atoms with van der Waals surface area (Å²) in [6, 6.07) is -0.0856. The number of rotatable bonds is 3. The van der Waals surface area contributed by atoms with Crippen LogP contribution in [0.4, 0.5) is 5.95 Å². The Morgan fingerprint density at radius 3 is 3.20 bits per heavy atom. The lowest BCUT2D eigenvalue weighted by atomic mass is 10.1. The molecular weight excluding hydrogens is 280 g/mol. The highest BCUT2D eigenvalue weighted by molar-refractivity contribution is 7.17. The smallest absolute Gasteiger partial charge is 0.338 e. The molecule has 1 fully saturated rings. The van der Waals surface area contributed by atoms with Crippen molar-refractivity contribution in [3.8, 4) is 0 Å². The maximum absolute atomic E-state index is 11.1.